The lowest BCUT2D eigenvalue weighted by Gasteiger charge is -2.11. The van der Waals surface area contributed by atoms with Crippen LogP contribution in [0.15, 0.2) is 20.7 Å². The van der Waals surface area contributed by atoms with Gasteiger partial charge in [0.25, 0.3) is 15.6 Å². The number of hydrogen-bond donors (Lipinski definition) is 3. The minimum absolute atomic E-state index is 0.165. The highest BCUT2D eigenvalue weighted by molar-refractivity contribution is 7.89. The molecular formula is C9H13N3O5S. The number of aromatic amines is 2. The van der Waals surface area contributed by atoms with Crippen molar-refractivity contribution >= 4 is 10.0 Å². The first-order valence-electron chi connectivity index (χ1n) is 5.48. The zero-order valence-corrected chi connectivity index (χ0v) is 10.2. The molecule has 0 aliphatic heterocycles. The van der Waals surface area contributed by atoms with Crippen LogP contribution in [0.3, 0.4) is 0 Å². The van der Waals surface area contributed by atoms with E-state index < -0.39 is 26.2 Å². The molecule has 1 heterocycles. The maximum atomic E-state index is 11.7. The van der Waals surface area contributed by atoms with E-state index in [2.05, 4.69) is 4.98 Å². The van der Waals surface area contributed by atoms with Crippen LogP contribution in [0.2, 0.25) is 0 Å². The van der Waals surface area contributed by atoms with E-state index in [-0.39, 0.29) is 6.10 Å². The van der Waals surface area contributed by atoms with Crippen molar-refractivity contribution in [3.05, 3.63) is 27.0 Å². The van der Waals surface area contributed by atoms with Gasteiger partial charge in [0.1, 0.15) is 0 Å². The van der Waals surface area contributed by atoms with Gasteiger partial charge in [0.05, 0.1) is 6.10 Å². The first-order valence-corrected chi connectivity index (χ1v) is 6.97. The Bertz CT molecular complexity index is 626. The quantitative estimate of drug-likeness (QED) is 0.622. The second-order valence-electron chi connectivity index (χ2n) is 4.05. The van der Waals surface area contributed by atoms with E-state index in [9.17, 15) is 18.0 Å². The van der Waals surface area contributed by atoms with Crippen LogP contribution >= 0.6 is 0 Å². The van der Waals surface area contributed by atoms with Gasteiger partial charge in [-0.15, -0.1) is 0 Å². The van der Waals surface area contributed by atoms with Gasteiger partial charge in [-0.1, -0.05) is 17.7 Å². The molecule has 0 bridgehead atoms. The van der Waals surface area contributed by atoms with Crippen LogP contribution < -0.4 is 16.1 Å². The van der Waals surface area contributed by atoms with Crippen LogP contribution in [0.4, 0.5) is 0 Å². The Morgan fingerprint density at radius 2 is 1.94 bits per heavy atom. The third-order valence-corrected chi connectivity index (χ3v) is 3.90. The molecule has 0 radical (unpaired) electrons. The lowest BCUT2D eigenvalue weighted by Crippen LogP contribution is -2.34. The van der Waals surface area contributed by atoms with Crippen molar-refractivity contribution in [3.8, 4) is 0 Å². The summed E-state index contributed by atoms with van der Waals surface area (Å²) >= 11 is 0. The van der Waals surface area contributed by atoms with Gasteiger partial charge in [-0.25, -0.2) is 13.2 Å². The number of rotatable bonds is 4. The molecule has 0 spiro atoms. The molecule has 100 valence electrons. The largest absolute Gasteiger partial charge is 0.325 e. The van der Waals surface area contributed by atoms with Crippen LogP contribution in [0, 0.1) is 0 Å². The molecule has 1 aliphatic rings. The Kier molecular flexibility index (Phi) is 3.64. The molecule has 0 atom stereocenters. The van der Waals surface area contributed by atoms with Crippen molar-refractivity contribution in [2.24, 2.45) is 0 Å². The Hall–Kier alpha value is -1.45. The molecule has 3 N–H and O–H groups in total. The third kappa shape index (κ3) is 2.86. The highest BCUT2D eigenvalue weighted by Crippen LogP contribution is 2.20. The number of hydrogen-bond acceptors (Lipinski definition) is 5. The minimum Gasteiger partial charge on any atom is -0.313 e. The second kappa shape index (κ2) is 5.04. The Labute approximate surface area is 102 Å². The summed E-state index contributed by atoms with van der Waals surface area (Å²) < 4.78 is 23.5. The van der Waals surface area contributed by atoms with E-state index in [4.69, 9.17) is 4.84 Å². The minimum atomic E-state index is -4.08. The van der Waals surface area contributed by atoms with Crippen molar-refractivity contribution in [2.45, 2.75) is 36.7 Å². The summed E-state index contributed by atoms with van der Waals surface area (Å²) in [6.07, 6.45) is 4.22. The van der Waals surface area contributed by atoms with Gasteiger partial charge in [-0.3, -0.25) is 14.6 Å². The molecular weight excluding hydrogens is 262 g/mol. The van der Waals surface area contributed by atoms with E-state index in [0.717, 1.165) is 31.9 Å². The second-order valence-corrected chi connectivity index (χ2v) is 5.66. The molecule has 8 nitrogen and oxygen atoms in total. The Morgan fingerprint density at radius 1 is 1.28 bits per heavy atom. The molecule has 1 aromatic rings. The zero-order valence-electron chi connectivity index (χ0n) is 9.43. The van der Waals surface area contributed by atoms with Crippen LogP contribution in [0.5, 0.6) is 0 Å². The summed E-state index contributed by atoms with van der Waals surface area (Å²) in [5.41, 5.74) is -1.75. The van der Waals surface area contributed by atoms with Gasteiger partial charge < -0.3 is 4.98 Å². The predicted molar refractivity (Wildman–Crippen MR) is 61.3 cm³/mol. The van der Waals surface area contributed by atoms with Gasteiger partial charge in [-0.05, 0) is 12.8 Å². The van der Waals surface area contributed by atoms with E-state index in [1.165, 1.54) is 0 Å². The number of sulfonamides is 1. The predicted octanol–water partition coefficient (Wildman–Crippen LogP) is -0.784. The fourth-order valence-electron chi connectivity index (χ4n) is 1.78. The van der Waals surface area contributed by atoms with E-state index in [0.29, 0.717) is 0 Å². The summed E-state index contributed by atoms with van der Waals surface area (Å²) in [6.45, 7) is 0. The van der Waals surface area contributed by atoms with Gasteiger partial charge in [-0.2, -0.15) is 0 Å². The summed E-state index contributed by atoms with van der Waals surface area (Å²) in [7, 11) is -4.08. The van der Waals surface area contributed by atoms with E-state index >= 15 is 0 Å². The first kappa shape index (κ1) is 13.0. The fourth-order valence-corrected chi connectivity index (χ4v) is 2.64. The molecule has 0 aromatic carbocycles. The summed E-state index contributed by atoms with van der Waals surface area (Å²) in [5.74, 6) is 0. The summed E-state index contributed by atoms with van der Waals surface area (Å²) in [4.78, 5) is 32.4. The molecule has 0 unspecified atom stereocenters. The lowest BCUT2D eigenvalue weighted by atomic mass is 10.3. The molecule has 9 heteroatoms. The normalized spacial score (nSPS) is 17.1. The van der Waals surface area contributed by atoms with Crippen molar-refractivity contribution in [1.82, 2.24) is 14.9 Å². The average molecular weight is 275 g/mol. The zero-order chi connectivity index (χ0) is 13.2. The number of H-pyrrole nitrogens is 2. The monoisotopic (exact) mass is 275 g/mol. The van der Waals surface area contributed by atoms with E-state index in [1.54, 1.807) is 0 Å². The lowest BCUT2D eigenvalue weighted by molar-refractivity contribution is 0.0223. The van der Waals surface area contributed by atoms with Crippen molar-refractivity contribution in [3.63, 3.8) is 0 Å². The van der Waals surface area contributed by atoms with Crippen LogP contribution in [-0.4, -0.2) is 24.5 Å². The average Bonchev–Trinajstić information content (AvgIpc) is 2.78. The first-order chi connectivity index (χ1) is 8.49. The highest BCUT2D eigenvalue weighted by atomic mass is 32.2. The van der Waals surface area contributed by atoms with E-state index in [1.807, 2.05) is 9.87 Å². The molecule has 2 rings (SSSR count). The maximum absolute atomic E-state index is 11.7. The maximum Gasteiger partial charge on any atom is 0.325 e. The summed E-state index contributed by atoms with van der Waals surface area (Å²) in [6, 6.07) is 0. The molecule has 1 fully saturated rings. The molecule has 18 heavy (non-hydrogen) atoms. The van der Waals surface area contributed by atoms with Crippen molar-refractivity contribution < 1.29 is 13.3 Å². The molecule has 0 amide bonds. The molecule has 1 saturated carbocycles. The van der Waals surface area contributed by atoms with Gasteiger partial charge in [0.2, 0.25) is 0 Å². The molecule has 1 aliphatic carbocycles. The van der Waals surface area contributed by atoms with Crippen LogP contribution in [0.25, 0.3) is 0 Å². The van der Waals surface area contributed by atoms with Crippen LogP contribution in [0.1, 0.15) is 25.7 Å². The topological polar surface area (TPSA) is 121 Å². The van der Waals surface area contributed by atoms with Crippen molar-refractivity contribution in [2.75, 3.05) is 0 Å². The van der Waals surface area contributed by atoms with Gasteiger partial charge >= 0.3 is 5.69 Å². The third-order valence-electron chi connectivity index (χ3n) is 2.70. The smallest absolute Gasteiger partial charge is 0.313 e. The van der Waals surface area contributed by atoms with Gasteiger partial charge in [0, 0.05) is 6.20 Å². The fraction of sp³-hybridized carbons (Fsp3) is 0.556. The van der Waals surface area contributed by atoms with Crippen molar-refractivity contribution in [1.29, 1.82) is 0 Å². The summed E-state index contributed by atoms with van der Waals surface area (Å²) in [5, 5.41) is 0. The molecule has 1 aromatic heterocycles. The number of aromatic nitrogens is 2. The SMILES string of the molecule is O=c1[nH]cc(S(=O)(=O)NOC2CCCC2)c(=O)[nH]1. The Morgan fingerprint density at radius 3 is 2.56 bits per heavy atom. The molecule has 0 saturated heterocycles. The number of nitrogens with one attached hydrogen (secondary N) is 3. The van der Waals surface area contributed by atoms with Gasteiger partial charge in [0.15, 0.2) is 4.90 Å². The highest BCUT2D eigenvalue weighted by Gasteiger charge is 2.23. The standard InChI is InChI=1S/C9H13N3O5S/c13-8-7(5-10-9(14)11-8)18(15,16)12-17-6-3-1-2-4-6/h5-6,12H,1-4H2,(H2,10,11,13,14). The van der Waals surface area contributed by atoms with Crippen LogP contribution in [-0.2, 0) is 14.9 Å². The Balaban J connectivity index is 2.14.